The Balaban J connectivity index is 1.59. The molecule has 1 aliphatic heterocycles. The van der Waals surface area contributed by atoms with Crippen LogP contribution in [0.25, 0.3) is 0 Å². The predicted molar refractivity (Wildman–Crippen MR) is 79.7 cm³/mol. The van der Waals surface area contributed by atoms with Gasteiger partial charge >= 0.3 is 6.03 Å². The summed E-state index contributed by atoms with van der Waals surface area (Å²) in [7, 11) is 0. The van der Waals surface area contributed by atoms with Gasteiger partial charge in [-0.25, -0.2) is 13.6 Å². The van der Waals surface area contributed by atoms with E-state index in [1.54, 1.807) is 11.3 Å². The van der Waals surface area contributed by atoms with Gasteiger partial charge < -0.3 is 10.6 Å². The van der Waals surface area contributed by atoms with E-state index in [9.17, 15) is 13.6 Å². The number of rotatable bonds is 6. The Bertz CT molecular complexity index is 420. The van der Waals surface area contributed by atoms with Crippen molar-refractivity contribution in [3.05, 3.63) is 22.4 Å². The lowest BCUT2D eigenvalue weighted by molar-refractivity contribution is 0.145. The Kier molecular flexibility index (Phi) is 6.38. The molecule has 1 aromatic heterocycles. The van der Waals surface area contributed by atoms with Crippen molar-refractivity contribution in [1.29, 1.82) is 0 Å². The monoisotopic (exact) mass is 317 g/mol. The van der Waals surface area contributed by atoms with Crippen LogP contribution in [0.5, 0.6) is 0 Å². The Morgan fingerprint density at radius 1 is 1.38 bits per heavy atom. The van der Waals surface area contributed by atoms with Crippen LogP contribution < -0.4 is 10.6 Å². The molecule has 0 aliphatic carbocycles. The highest BCUT2D eigenvalue weighted by atomic mass is 32.1. The van der Waals surface area contributed by atoms with Crippen molar-refractivity contribution in [2.75, 3.05) is 26.2 Å². The number of hydrogen-bond donors (Lipinski definition) is 2. The Morgan fingerprint density at radius 3 is 2.76 bits per heavy atom. The number of carbonyl (C=O) groups is 1. The van der Waals surface area contributed by atoms with Crippen LogP contribution in [0.15, 0.2) is 17.5 Å². The molecule has 7 heteroatoms. The summed E-state index contributed by atoms with van der Waals surface area (Å²) in [5.74, 6) is 0.432. The molecule has 0 spiro atoms. The van der Waals surface area contributed by atoms with Crippen molar-refractivity contribution >= 4 is 17.4 Å². The normalized spacial score (nSPS) is 17.1. The second-order valence-electron chi connectivity index (χ2n) is 5.28. The minimum Gasteiger partial charge on any atom is -0.338 e. The summed E-state index contributed by atoms with van der Waals surface area (Å²) in [5.41, 5.74) is 0. The fraction of sp³-hybridized carbons (Fsp3) is 0.643. The summed E-state index contributed by atoms with van der Waals surface area (Å²) in [6.45, 7) is 2.99. The highest BCUT2D eigenvalue weighted by Crippen LogP contribution is 2.20. The van der Waals surface area contributed by atoms with E-state index < -0.39 is 19.0 Å². The zero-order valence-corrected chi connectivity index (χ0v) is 12.7. The summed E-state index contributed by atoms with van der Waals surface area (Å²) in [6.07, 6.45) is -0.447. The SMILES string of the molecule is O=C(NCC(F)F)NCC1CCN(Cc2cccs2)CC1. The molecule has 0 radical (unpaired) electrons. The van der Waals surface area contributed by atoms with Crippen molar-refractivity contribution in [2.24, 2.45) is 5.92 Å². The maximum Gasteiger partial charge on any atom is 0.314 e. The number of amides is 2. The molecular weight excluding hydrogens is 296 g/mol. The van der Waals surface area contributed by atoms with Gasteiger partial charge in [-0.05, 0) is 43.3 Å². The molecule has 0 unspecified atom stereocenters. The van der Waals surface area contributed by atoms with Crippen LogP contribution in [0.3, 0.4) is 0 Å². The lowest BCUT2D eigenvalue weighted by Crippen LogP contribution is -2.42. The Labute approximate surface area is 127 Å². The quantitative estimate of drug-likeness (QED) is 0.847. The average molecular weight is 317 g/mol. The van der Waals surface area contributed by atoms with E-state index in [0.29, 0.717) is 12.5 Å². The standard InChI is InChI=1S/C14H21F2N3OS/c15-13(16)9-18-14(20)17-8-11-3-5-19(6-4-11)10-12-2-1-7-21-12/h1-2,7,11,13H,3-6,8-10H2,(H2,17,18,20). The first-order valence-corrected chi connectivity index (χ1v) is 8.06. The van der Waals surface area contributed by atoms with Gasteiger partial charge in [0.2, 0.25) is 0 Å². The van der Waals surface area contributed by atoms with Crippen molar-refractivity contribution in [1.82, 2.24) is 15.5 Å². The van der Waals surface area contributed by atoms with Gasteiger partial charge in [-0.2, -0.15) is 0 Å². The van der Waals surface area contributed by atoms with Gasteiger partial charge in [-0.15, -0.1) is 11.3 Å². The number of alkyl halides is 2. The maximum atomic E-state index is 11.9. The summed E-state index contributed by atoms with van der Waals surface area (Å²) in [4.78, 5) is 15.1. The smallest absolute Gasteiger partial charge is 0.314 e. The first kappa shape index (κ1) is 16.2. The van der Waals surface area contributed by atoms with Crippen molar-refractivity contribution in [3.63, 3.8) is 0 Å². The predicted octanol–water partition coefficient (Wildman–Crippen LogP) is 2.52. The van der Waals surface area contributed by atoms with Gasteiger partial charge in [0.15, 0.2) is 0 Å². The number of carbonyl (C=O) groups excluding carboxylic acids is 1. The van der Waals surface area contributed by atoms with Gasteiger partial charge in [-0.1, -0.05) is 6.07 Å². The third-order valence-corrected chi connectivity index (χ3v) is 4.50. The topological polar surface area (TPSA) is 44.4 Å². The van der Waals surface area contributed by atoms with Crippen LogP contribution >= 0.6 is 11.3 Å². The number of piperidine rings is 1. The highest BCUT2D eigenvalue weighted by Gasteiger charge is 2.20. The molecule has 118 valence electrons. The Hall–Kier alpha value is -1.21. The van der Waals surface area contributed by atoms with Crippen LogP contribution in [0, 0.1) is 5.92 Å². The first-order chi connectivity index (χ1) is 10.1. The summed E-state index contributed by atoms with van der Waals surface area (Å²) in [5, 5.41) is 6.91. The third kappa shape index (κ3) is 5.97. The van der Waals surface area contributed by atoms with Crippen LogP contribution in [0.4, 0.5) is 13.6 Å². The van der Waals surface area contributed by atoms with E-state index >= 15 is 0 Å². The molecule has 0 bridgehead atoms. The molecule has 1 aromatic rings. The van der Waals surface area contributed by atoms with Gasteiger partial charge in [0, 0.05) is 18.0 Å². The van der Waals surface area contributed by atoms with E-state index in [4.69, 9.17) is 0 Å². The fourth-order valence-corrected chi connectivity index (χ4v) is 3.19. The highest BCUT2D eigenvalue weighted by molar-refractivity contribution is 7.09. The lowest BCUT2D eigenvalue weighted by atomic mass is 9.97. The van der Waals surface area contributed by atoms with Crippen LogP contribution in [0.1, 0.15) is 17.7 Å². The molecule has 1 aliphatic rings. The minimum atomic E-state index is -2.50. The zero-order chi connectivity index (χ0) is 15.1. The number of halogens is 2. The largest absolute Gasteiger partial charge is 0.338 e. The molecule has 2 rings (SSSR count). The number of thiophene rings is 1. The lowest BCUT2D eigenvalue weighted by Gasteiger charge is -2.31. The van der Waals surface area contributed by atoms with E-state index in [1.165, 1.54) is 4.88 Å². The molecule has 4 nitrogen and oxygen atoms in total. The zero-order valence-electron chi connectivity index (χ0n) is 11.9. The number of nitrogens with zero attached hydrogens (tertiary/aromatic N) is 1. The van der Waals surface area contributed by atoms with Crippen molar-refractivity contribution in [2.45, 2.75) is 25.8 Å². The van der Waals surface area contributed by atoms with Gasteiger partial charge in [0.25, 0.3) is 6.43 Å². The number of likely N-dealkylation sites (tertiary alicyclic amines) is 1. The first-order valence-electron chi connectivity index (χ1n) is 7.18. The summed E-state index contributed by atoms with van der Waals surface area (Å²) < 4.78 is 23.9. The van der Waals surface area contributed by atoms with E-state index in [0.717, 1.165) is 32.5 Å². The third-order valence-electron chi connectivity index (χ3n) is 3.63. The number of urea groups is 1. The summed E-state index contributed by atoms with van der Waals surface area (Å²) in [6, 6.07) is 3.71. The van der Waals surface area contributed by atoms with Gasteiger partial charge in [-0.3, -0.25) is 4.90 Å². The maximum absolute atomic E-state index is 11.9. The van der Waals surface area contributed by atoms with Crippen molar-refractivity contribution < 1.29 is 13.6 Å². The second kappa shape index (κ2) is 8.29. The molecule has 1 saturated heterocycles. The van der Waals surface area contributed by atoms with Crippen LogP contribution in [-0.4, -0.2) is 43.5 Å². The molecule has 1 fully saturated rings. The molecule has 2 heterocycles. The van der Waals surface area contributed by atoms with Gasteiger partial charge in [0.05, 0.1) is 6.54 Å². The molecule has 2 N–H and O–H groups in total. The molecule has 0 atom stereocenters. The number of nitrogens with one attached hydrogen (secondary N) is 2. The van der Waals surface area contributed by atoms with Crippen LogP contribution in [0.2, 0.25) is 0 Å². The van der Waals surface area contributed by atoms with E-state index in [-0.39, 0.29) is 0 Å². The molecule has 0 aromatic carbocycles. The second-order valence-corrected chi connectivity index (χ2v) is 6.31. The minimum absolute atomic E-state index is 0.432. The van der Waals surface area contributed by atoms with Crippen LogP contribution in [-0.2, 0) is 6.54 Å². The average Bonchev–Trinajstić information content (AvgIpc) is 2.97. The number of hydrogen-bond acceptors (Lipinski definition) is 3. The molecule has 2 amide bonds. The van der Waals surface area contributed by atoms with E-state index in [1.807, 2.05) is 0 Å². The van der Waals surface area contributed by atoms with Gasteiger partial charge in [0.1, 0.15) is 0 Å². The van der Waals surface area contributed by atoms with Crippen molar-refractivity contribution in [3.8, 4) is 0 Å². The molecule has 21 heavy (non-hydrogen) atoms. The Morgan fingerprint density at radius 2 is 2.14 bits per heavy atom. The van der Waals surface area contributed by atoms with E-state index in [2.05, 4.69) is 33.0 Å². The molecular formula is C14H21F2N3OS. The fourth-order valence-electron chi connectivity index (χ4n) is 2.44. The molecule has 0 saturated carbocycles. The summed E-state index contributed by atoms with van der Waals surface area (Å²) >= 11 is 1.77.